The molecule has 0 saturated carbocycles. The van der Waals surface area contributed by atoms with Gasteiger partial charge in [-0.1, -0.05) is 18.2 Å². The standard InChI is InChI=1S/C15H17N3O2/c16-12-6-1-2-7-13(12)17-14(19)8-5-11-18-10-4-3-9-15(18)20/h1-4,6-7,9-10H,5,8,11,16H2,(H,17,19). The summed E-state index contributed by atoms with van der Waals surface area (Å²) in [5, 5.41) is 2.76. The van der Waals surface area contributed by atoms with Crippen LogP contribution in [0.3, 0.4) is 0 Å². The molecule has 2 rings (SSSR count). The van der Waals surface area contributed by atoms with E-state index < -0.39 is 0 Å². The molecule has 104 valence electrons. The van der Waals surface area contributed by atoms with Crippen LogP contribution in [0.25, 0.3) is 0 Å². The zero-order chi connectivity index (χ0) is 14.4. The van der Waals surface area contributed by atoms with Crippen molar-refractivity contribution in [3.63, 3.8) is 0 Å². The molecule has 0 bridgehead atoms. The Labute approximate surface area is 117 Å². The molecule has 0 radical (unpaired) electrons. The summed E-state index contributed by atoms with van der Waals surface area (Å²) in [6, 6.07) is 12.1. The van der Waals surface area contributed by atoms with Crippen molar-refractivity contribution < 1.29 is 4.79 Å². The fourth-order valence-electron chi connectivity index (χ4n) is 1.88. The normalized spacial score (nSPS) is 10.2. The third-order valence-corrected chi connectivity index (χ3v) is 2.94. The van der Waals surface area contributed by atoms with Crippen molar-refractivity contribution in [3.05, 3.63) is 59.0 Å². The number of rotatable bonds is 5. The SMILES string of the molecule is Nc1ccccc1NC(=O)CCCn1ccccc1=O. The number of nitrogens with two attached hydrogens (primary N) is 1. The largest absolute Gasteiger partial charge is 0.397 e. The second-order valence-electron chi connectivity index (χ2n) is 4.47. The van der Waals surface area contributed by atoms with E-state index in [1.165, 1.54) is 6.07 Å². The van der Waals surface area contributed by atoms with E-state index in [0.29, 0.717) is 30.8 Å². The van der Waals surface area contributed by atoms with Crippen molar-refractivity contribution in [2.24, 2.45) is 0 Å². The van der Waals surface area contributed by atoms with E-state index in [9.17, 15) is 9.59 Å². The molecular formula is C15H17N3O2. The number of amides is 1. The fraction of sp³-hybridized carbons (Fsp3) is 0.200. The van der Waals surface area contributed by atoms with Gasteiger partial charge >= 0.3 is 0 Å². The average molecular weight is 271 g/mol. The minimum Gasteiger partial charge on any atom is -0.397 e. The van der Waals surface area contributed by atoms with Crippen molar-refractivity contribution in [1.29, 1.82) is 0 Å². The van der Waals surface area contributed by atoms with Crippen LogP contribution >= 0.6 is 0 Å². The van der Waals surface area contributed by atoms with E-state index in [2.05, 4.69) is 5.32 Å². The van der Waals surface area contributed by atoms with E-state index >= 15 is 0 Å². The number of pyridine rings is 1. The van der Waals surface area contributed by atoms with Crippen LogP contribution in [0.5, 0.6) is 0 Å². The first-order valence-corrected chi connectivity index (χ1v) is 6.46. The molecule has 1 aromatic carbocycles. The van der Waals surface area contributed by atoms with Gasteiger partial charge in [0, 0.05) is 25.2 Å². The van der Waals surface area contributed by atoms with Crippen molar-refractivity contribution in [2.45, 2.75) is 19.4 Å². The van der Waals surface area contributed by atoms with Gasteiger partial charge in [0.25, 0.3) is 0 Å². The van der Waals surface area contributed by atoms with Gasteiger partial charge in [-0.3, -0.25) is 9.59 Å². The average Bonchev–Trinajstić information content (AvgIpc) is 2.43. The predicted molar refractivity (Wildman–Crippen MR) is 79.4 cm³/mol. The molecule has 1 amide bonds. The van der Waals surface area contributed by atoms with Crippen LogP contribution in [0.15, 0.2) is 53.5 Å². The lowest BCUT2D eigenvalue weighted by Crippen LogP contribution is -2.19. The van der Waals surface area contributed by atoms with E-state index in [4.69, 9.17) is 5.73 Å². The molecule has 0 unspecified atom stereocenters. The van der Waals surface area contributed by atoms with Crippen LogP contribution < -0.4 is 16.6 Å². The first-order chi connectivity index (χ1) is 9.66. The number of nitrogen functional groups attached to an aromatic ring is 1. The van der Waals surface area contributed by atoms with Crippen molar-refractivity contribution in [3.8, 4) is 0 Å². The number of nitrogens with zero attached hydrogens (tertiary/aromatic N) is 1. The highest BCUT2D eigenvalue weighted by molar-refractivity contribution is 5.93. The number of hydrogen-bond donors (Lipinski definition) is 2. The second-order valence-corrected chi connectivity index (χ2v) is 4.47. The maximum atomic E-state index is 11.8. The third-order valence-electron chi connectivity index (χ3n) is 2.94. The number of hydrogen-bond acceptors (Lipinski definition) is 3. The van der Waals surface area contributed by atoms with Gasteiger partial charge in [-0.2, -0.15) is 0 Å². The molecule has 0 fully saturated rings. The summed E-state index contributed by atoms with van der Waals surface area (Å²) in [4.78, 5) is 23.3. The summed E-state index contributed by atoms with van der Waals surface area (Å²) < 4.78 is 1.59. The van der Waals surface area contributed by atoms with Gasteiger partial charge < -0.3 is 15.6 Å². The van der Waals surface area contributed by atoms with Crippen LogP contribution in [0.1, 0.15) is 12.8 Å². The first kappa shape index (κ1) is 13.9. The van der Waals surface area contributed by atoms with Crippen LogP contribution in [-0.2, 0) is 11.3 Å². The fourth-order valence-corrected chi connectivity index (χ4v) is 1.88. The smallest absolute Gasteiger partial charge is 0.250 e. The lowest BCUT2D eigenvalue weighted by molar-refractivity contribution is -0.116. The number of anilines is 2. The molecule has 0 aliphatic carbocycles. The van der Waals surface area contributed by atoms with Gasteiger partial charge in [0.05, 0.1) is 11.4 Å². The molecule has 1 heterocycles. The predicted octanol–water partition coefficient (Wildman–Crippen LogP) is 1.85. The number of aromatic nitrogens is 1. The summed E-state index contributed by atoms with van der Waals surface area (Å²) in [5.41, 5.74) is 6.85. The molecular weight excluding hydrogens is 254 g/mol. The molecule has 0 aliphatic heterocycles. The van der Waals surface area contributed by atoms with Crippen molar-refractivity contribution in [2.75, 3.05) is 11.1 Å². The Morgan fingerprint density at radius 2 is 1.90 bits per heavy atom. The monoisotopic (exact) mass is 271 g/mol. The Bertz CT molecular complexity index is 649. The second kappa shape index (κ2) is 6.56. The molecule has 0 atom stereocenters. The molecule has 2 aromatic rings. The molecule has 3 N–H and O–H groups in total. The summed E-state index contributed by atoms with van der Waals surface area (Å²) in [7, 11) is 0. The highest BCUT2D eigenvalue weighted by Crippen LogP contribution is 2.16. The zero-order valence-electron chi connectivity index (χ0n) is 11.1. The molecule has 0 aliphatic rings. The van der Waals surface area contributed by atoms with E-state index in [-0.39, 0.29) is 11.5 Å². The van der Waals surface area contributed by atoms with E-state index in [1.807, 2.05) is 12.1 Å². The van der Waals surface area contributed by atoms with Gasteiger partial charge in [-0.15, -0.1) is 0 Å². The Hall–Kier alpha value is -2.56. The van der Waals surface area contributed by atoms with Gasteiger partial charge in [-0.05, 0) is 24.6 Å². The summed E-state index contributed by atoms with van der Waals surface area (Å²) in [6.45, 7) is 0.525. The van der Waals surface area contributed by atoms with E-state index in [1.54, 1.807) is 35.0 Å². The zero-order valence-corrected chi connectivity index (χ0v) is 11.1. The number of carbonyl (C=O) groups is 1. The van der Waals surface area contributed by atoms with Crippen LogP contribution in [0.4, 0.5) is 11.4 Å². The lowest BCUT2D eigenvalue weighted by Gasteiger charge is -2.08. The molecule has 5 nitrogen and oxygen atoms in total. The minimum absolute atomic E-state index is 0.0554. The van der Waals surface area contributed by atoms with Crippen molar-refractivity contribution >= 4 is 17.3 Å². The van der Waals surface area contributed by atoms with Crippen LogP contribution in [0, 0.1) is 0 Å². The highest BCUT2D eigenvalue weighted by atomic mass is 16.1. The van der Waals surface area contributed by atoms with E-state index in [0.717, 1.165) is 0 Å². The number of aryl methyl sites for hydroxylation is 1. The Kier molecular flexibility index (Phi) is 4.55. The summed E-state index contributed by atoms with van der Waals surface area (Å²) in [5.74, 6) is -0.105. The van der Waals surface area contributed by atoms with Gasteiger partial charge in [0.15, 0.2) is 0 Å². The summed E-state index contributed by atoms with van der Waals surface area (Å²) >= 11 is 0. The third kappa shape index (κ3) is 3.71. The van der Waals surface area contributed by atoms with Gasteiger partial charge in [0.2, 0.25) is 11.5 Å². The molecule has 20 heavy (non-hydrogen) atoms. The minimum atomic E-state index is -0.105. The van der Waals surface area contributed by atoms with Gasteiger partial charge in [0.1, 0.15) is 0 Å². The number of carbonyl (C=O) groups excluding carboxylic acids is 1. The Balaban J connectivity index is 1.83. The highest BCUT2D eigenvalue weighted by Gasteiger charge is 2.04. The van der Waals surface area contributed by atoms with Crippen molar-refractivity contribution in [1.82, 2.24) is 4.57 Å². The molecule has 0 saturated heterocycles. The Morgan fingerprint density at radius 1 is 1.15 bits per heavy atom. The number of para-hydroxylation sites is 2. The molecule has 1 aromatic heterocycles. The Morgan fingerprint density at radius 3 is 2.65 bits per heavy atom. The summed E-state index contributed by atoms with van der Waals surface area (Å²) in [6.07, 6.45) is 2.66. The van der Waals surface area contributed by atoms with Crippen LogP contribution in [-0.4, -0.2) is 10.5 Å². The van der Waals surface area contributed by atoms with Gasteiger partial charge in [-0.25, -0.2) is 0 Å². The number of nitrogens with one attached hydrogen (secondary N) is 1. The van der Waals surface area contributed by atoms with Crippen LogP contribution in [0.2, 0.25) is 0 Å². The quantitative estimate of drug-likeness (QED) is 0.815. The maximum Gasteiger partial charge on any atom is 0.250 e. The first-order valence-electron chi connectivity index (χ1n) is 6.46. The molecule has 5 heteroatoms. The molecule has 0 spiro atoms. The topological polar surface area (TPSA) is 77.1 Å². The number of benzene rings is 1. The lowest BCUT2D eigenvalue weighted by atomic mass is 10.2. The maximum absolute atomic E-state index is 11.8.